The molecule has 1 heteroatoms. The Morgan fingerprint density at radius 3 is 1.55 bits per heavy atom. The molecule has 11 heavy (non-hydrogen) atoms. The van der Waals surface area contributed by atoms with Gasteiger partial charge in [0.25, 0.3) is 0 Å². The van der Waals surface area contributed by atoms with Crippen molar-refractivity contribution in [3.8, 4) is 6.07 Å². The van der Waals surface area contributed by atoms with Gasteiger partial charge >= 0.3 is 0 Å². The first-order chi connectivity index (χ1) is 5.33. The van der Waals surface area contributed by atoms with Crippen LogP contribution in [0.5, 0.6) is 0 Å². The van der Waals surface area contributed by atoms with Gasteiger partial charge in [0.15, 0.2) is 0 Å². The molecule has 0 fully saturated rings. The molecule has 0 heterocycles. The summed E-state index contributed by atoms with van der Waals surface area (Å²) >= 11 is 0. The van der Waals surface area contributed by atoms with E-state index in [9.17, 15) is 0 Å². The summed E-state index contributed by atoms with van der Waals surface area (Å²) in [5, 5.41) is 7.95. The molecule has 0 rings (SSSR count). The number of nitrogens with zero attached hydrogens (tertiary/aromatic N) is 1. The predicted molar refractivity (Wildman–Crippen MR) is 52.5 cm³/mol. The van der Waals surface area contributed by atoms with Crippen LogP contribution in [-0.4, -0.2) is 0 Å². The smallest absolute Gasteiger partial charge is 0.0621 e. The van der Waals surface area contributed by atoms with Crippen LogP contribution in [0.25, 0.3) is 0 Å². The van der Waals surface area contributed by atoms with Crippen molar-refractivity contribution in [1.82, 2.24) is 0 Å². The fraction of sp³-hybridized carbons (Fsp3) is 0.900. The van der Waals surface area contributed by atoms with E-state index in [1.807, 2.05) is 13.8 Å². The van der Waals surface area contributed by atoms with Crippen molar-refractivity contribution in [3.05, 3.63) is 0 Å². The molecule has 0 aromatic heterocycles. The fourth-order valence-corrected chi connectivity index (χ4v) is 0.256. The van der Waals surface area contributed by atoms with Crippen molar-refractivity contribution in [3.63, 3.8) is 0 Å². The Balaban J connectivity index is -0.000000109. The van der Waals surface area contributed by atoms with E-state index < -0.39 is 0 Å². The van der Waals surface area contributed by atoms with Gasteiger partial charge in [-0.05, 0) is 6.42 Å². The highest BCUT2D eigenvalue weighted by atomic mass is 14.2. The Kier molecular flexibility index (Phi) is 51.9. The minimum absolute atomic E-state index is 0.719. The molecule has 0 aliphatic heterocycles. The fourth-order valence-electron chi connectivity index (χ4n) is 0.256. The van der Waals surface area contributed by atoms with Gasteiger partial charge in [0.1, 0.15) is 0 Å². The Labute approximate surface area is 72.4 Å². The summed E-state index contributed by atoms with van der Waals surface area (Å²) in [6.45, 7) is 10.3. The molecule has 0 radical (unpaired) electrons. The van der Waals surface area contributed by atoms with Gasteiger partial charge in [-0.2, -0.15) is 5.26 Å². The zero-order chi connectivity index (χ0) is 9.54. The van der Waals surface area contributed by atoms with Crippen molar-refractivity contribution in [2.75, 3.05) is 0 Å². The van der Waals surface area contributed by atoms with E-state index in [1.165, 1.54) is 6.42 Å². The Bertz CT molecular complexity index is 61.8. The second kappa shape index (κ2) is 33.9. The summed E-state index contributed by atoms with van der Waals surface area (Å²) in [5.41, 5.74) is 0. The highest BCUT2D eigenvalue weighted by Gasteiger charge is 1.74. The van der Waals surface area contributed by atoms with E-state index >= 15 is 0 Å². The summed E-state index contributed by atoms with van der Waals surface area (Å²) in [5.74, 6) is 0. The van der Waals surface area contributed by atoms with Crippen LogP contribution in [0.3, 0.4) is 0 Å². The number of hydrogen-bond acceptors (Lipinski definition) is 1. The Morgan fingerprint density at radius 2 is 1.45 bits per heavy atom. The van der Waals surface area contributed by atoms with E-state index in [0.717, 1.165) is 19.3 Å². The molecule has 0 aliphatic carbocycles. The molecular formula is C10H23N. The van der Waals surface area contributed by atoms with Gasteiger partial charge < -0.3 is 0 Å². The lowest BCUT2D eigenvalue weighted by Gasteiger charge is -1.77. The molecule has 0 saturated heterocycles. The zero-order valence-electron chi connectivity index (χ0n) is 8.78. The molecule has 0 N–H and O–H groups in total. The van der Waals surface area contributed by atoms with Crippen LogP contribution in [-0.2, 0) is 0 Å². The van der Waals surface area contributed by atoms with Gasteiger partial charge in [-0.15, -0.1) is 0 Å². The predicted octanol–water partition coefficient (Wildman–Crippen LogP) is 4.14. The first kappa shape index (κ1) is 16.8. The maximum absolute atomic E-state index is 7.95. The molecule has 0 aromatic rings. The van der Waals surface area contributed by atoms with Gasteiger partial charge in [0.2, 0.25) is 0 Å². The van der Waals surface area contributed by atoms with Gasteiger partial charge in [-0.25, -0.2) is 0 Å². The van der Waals surface area contributed by atoms with Crippen LogP contribution in [0.4, 0.5) is 0 Å². The largest absolute Gasteiger partial charge is 0.198 e. The van der Waals surface area contributed by atoms with Crippen molar-refractivity contribution < 1.29 is 0 Å². The maximum Gasteiger partial charge on any atom is 0.0621 e. The number of nitriles is 1. The van der Waals surface area contributed by atoms with Crippen molar-refractivity contribution >= 4 is 0 Å². The second-order valence-electron chi connectivity index (χ2n) is 1.97. The number of rotatable bonds is 2. The molecular weight excluding hydrogens is 134 g/mol. The van der Waals surface area contributed by atoms with E-state index in [-0.39, 0.29) is 0 Å². The lowest BCUT2D eigenvalue weighted by Crippen LogP contribution is -1.62. The first-order valence-corrected chi connectivity index (χ1v) is 4.70. The second-order valence-corrected chi connectivity index (χ2v) is 1.97. The molecule has 0 aromatic carbocycles. The molecule has 0 amide bonds. The van der Waals surface area contributed by atoms with E-state index in [1.54, 1.807) is 0 Å². The highest BCUT2D eigenvalue weighted by molar-refractivity contribution is 4.66. The molecule has 0 bridgehead atoms. The standard InChI is InChI=1S/C5H9N.C3H8.C2H6/c1-2-3-4-5-6;1-3-2;1-2/h2-4H2,1H3;3H2,1-2H3;1-2H3. The van der Waals surface area contributed by atoms with Gasteiger partial charge in [-0.1, -0.05) is 47.5 Å². The van der Waals surface area contributed by atoms with Crippen LogP contribution in [0.1, 0.15) is 60.3 Å². The van der Waals surface area contributed by atoms with Crippen LogP contribution in [0.15, 0.2) is 0 Å². The van der Waals surface area contributed by atoms with Gasteiger partial charge in [0, 0.05) is 6.42 Å². The summed E-state index contributed by atoms with van der Waals surface area (Å²) in [7, 11) is 0. The average Bonchev–Trinajstić information content (AvgIpc) is 2.06. The molecule has 0 saturated carbocycles. The monoisotopic (exact) mass is 157 g/mol. The molecule has 0 aliphatic rings. The van der Waals surface area contributed by atoms with Gasteiger partial charge in [0.05, 0.1) is 6.07 Å². The van der Waals surface area contributed by atoms with Crippen LogP contribution < -0.4 is 0 Å². The third-order valence-electron chi connectivity index (χ3n) is 0.642. The van der Waals surface area contributed by atoms with Crippen LogP contribution >= 0.6 is 0 Å². The van der Waals surface area contributed by atoms with E-state index in [2.05, 4.69) is 26.8 Å². The topological polar surface area (TPSA) is 23.8 Å². The Hall–Kier alpha value is -0.510. The highest BCUT2D eigenvalue weighted by Crippen LogP contribution is 1.88. The lowest BCUT2D eigenvalue weighted by atomic mass is 10.3. The first-order valence-electron chi connectivity index (χ1n) is 4.70. The molecule has 0 spiro atoms. The summed E-state index contributed by atoms with van der Waals surface area (Å²) in [6.07, 6.45) is 4.15. The summed E-state index contributed by atoms with van der Waals surface area (Å²) in [6, 6.07) is 2.07. The minimum atomic E-state index is 0.719. The quantitative estimate of drug-likeness (QED) is 0.552. The zero-order valence-corrected chi connectivity index (χ0v) is 8.78. The van der Waals surface area contributed by atoms with Crippen molar-refractivity contribution in [2.45, 2.75) is 60.3 Å². The molecule has 0 atom stereocenters. The van der Waals surface area contributed by atoms with E-state index in [0.29, 0.717) is 0 Å². The normalized spacial score (nSPS) is 6.18. The van der Waals surface area contributed by atoms with Crippen LogP contribution in [0, 0.1) is 11.3 Å². The van der Waals surface area contributed by atoms with Crippen molar-refractivity contribution in [2.24, 2.45) is 0 Å². The molecule has 68 valence electrons. The van der Waals surface area contributed by atoms with Crippen molar-refractivity contribution in [1.29, 1.82) is 5.26 Å². The average molecular weight is 157 g/mol. The number of unbranched alkanes of at least 4 members (excludes halogenated alkanes) is 2. The third kappa shape index (κ3) is 85.9. The number of hydrogen-bond donors (Lipinski definition) is 0. The van der Waals surface area contributed by atoms with E-state index in [4.69, 9.17) is 5.26 Å². The summed E-state index contributed by atoms with van der Waals surface area (Å²) in [4.78, 5) is 0. The summed E-state index contributed by atoms with van der Waals surface area (Å²) < 4.78 is 0. The van der Waals surface area contributed by atoms with Crippen LogP contribution in [0.2, 0.25) is 0 Å². The molecule has 0 unspecified atom stereocenters. The lowest BCUT2D eigenvalue weighted by molar-refractivity contribution is 0.822. The minimum Gasteiger partial charge on any atom is -0.198 e. The SMILES string of the molecule is CC.CCC.CCCCC#N. The van der Waals surface area contributed by atoms with Gasteiger partial charge in [-0.3, -0.25) is 0 Å². The molecule has 1 nitrogen and oxygen atoms in total. The third-order valence-corrected chi connectivity index (χ3v) is 0.642. The maximum atomic E-state index is 7.95. The Morgan fingerprint density at radius 1 is 1.09 bits per heavy atom.